The molecule has 2 rings (SSSR count). The van der Waals surface area contributed by atoms with Gasteiger partial charge in [-0.15, -0.1) is 0 Å². The molecule has 2 saturated heterocycles. The van der Waals surface area contributed by atoms with Crippen molar-refractivity contribution in [3.8, 4) is 0 Å². The average Bonchev–Trinajstić information content (AvgIpc) is 3.14. The van der Waals surface area contributed by atoms with Crippen molar-refractivity contribution < 1.29 is 54.0 Å². The summed E-state index contributed by atoms with van der Waals surface area (Å²) < 4.78 is 32.3. The number of carbonyl (C=O) groups is 1. The number of unbranched alkanes of at least 4 members (excludes halogenated alkanes) is 18. The lowest BCUT2D eigenvalue weighted by molar-refractivity contribution is -0.305. The highest BCUT2D eigenvalue weighted by atomic mass is 32.3. The maximum Gasteiger partial charge on any atom is 0.223 e. The first-order chi connectivity index (χ1) is 25.5. The van der Waals surface area contributed by atoms with E-state index < -0.39 is 72.2 Å². The van der Waals surface area contributed by atoms with Gasteiger partial charge in [0.2, 0.25) is 5.91 Å². The molecule has 12 nitrogen and oxygen atoms in total. The summed E-state index contributed by atoms with van der Waals surface area (Å²) in [5, 5.41) is 64.0. The van der Waals surface area contributed by atoms with Crippen molar-refractivity contribution in [1.82, 2.24) is 4.90 Å². The summed E-state index contributed by atoms with van der Waals surface area (Å²) in [6.07, 6.45) is 13.4. The minimum atomic E-state index is -2.77. The molecule has 2 aliphatic heterocycles. The van der Waals surface area contributed by atoms with Gasteiger partial charge in [0.25, 0.3) is 0 Å². The summed E-state index contributed by atoms with van der Waals surface area (Å²) >= 11 is 0. The van der Waals surface area contributed by atoms with Crippen LogP contribution in [-0.4, -0.2) is 130 Å². The molecule has 0 spiro atoms. The van der Waals surface area contributed by atoms with Crippen LogP contribution < -0.4 is 0 Å². The van der Waals surface area contributed by atoms with Crippen molar-refractivity contribution in [3.63, 3.8) is 0 Å². The van der Waals surface area contributed by atoms with Crippen LogP contribution >= 0.6 is 10.6 Å². The topological polar surface area (TPSA) is 201 Å². The first-order valence-electron chi connectivity index (χ1n) is 21.3. The van der Waals surface area contributed by atoms with E-state index in [0.717, 1.165) is 38.5 Å². The van der Waals surface area contributed by atoms with Crippen LogP contribution in [0.25, 0.3) is 0 Å². The van der Waals surface area contributed by atoms with Crippen molar-refractivity contribution in [2.24, 2.45) is 0 Å². The smallest absolute Gasteiger partial charge is 0.223 e. The number of amides is 1. The predicted molar refractivity (Wildman–Crippen MR) is 211 cm³/mol. The molecule has 2 aliphatic rings. The minimum absolute atomic E-state index is 0.122. The predicted octanol–water partition coefficient (Wildman–Crippen LogP) is 6.26. The first-order valence-corrected chi connectivity index (χ1v) is 23.2. The minimum Gasteiger partial charge on any atom is -0.394 e. The van der Waals surface area contributed by atoms with Crippen molar-refractivity contribution in [3.05, 3.63) is 0 Å². The summed E-state index contributed by atoms with van der Waals surface area (Å²) in [5.41, 5.74) is 0. The second-order valence-corrected chi connectivity index (χ2v) is 18.2. The molecule has 2 fully saturated rings. The highest BCUT2D eigenvalue weighted by molar-refractivity contribution is 8.24. The molecule has 0 aliphatic carbocycles. The fourth-order valence-corrected chi connectivity index (χ4v) is 9.24. The van der Waals surface area contributed by atoms with Crippen LogP contribution in [0.4, 0.5) is 0 Å². The van der Waals surface area contributed by atoms with Crippen LogP contribution in [0, 0.1) is 0 Å². The van der Waals surface area contributed by atoms with Gasteiger partial charge in [-0.25, -0.2) is 0 Å². The molecule has 13 heteroatoms. The molecule has 0 saturated carbocycles. The Morgan fingerprint density at radius 3 is 1.68 bits per heavy atom. The molecule has 0 aromatic heterocycles. The molecule has 0 aromatic rings. The molecule has 8 atom stereocenters. The van der Waals surface area contributed by atoms with E-state index in [9.17, 15) is 44.5 Å². The summed E-state index contributed by atoms with van der Waals surface area (Å²) in [7, 11) is -2.77. The Balaban J connectivity index is 2.11. The number of hydrogen-bond acceptors (Lipinski definition) is 11. The molecule has 8 N–H and O–H groups in total. The van der Waals surface area contributed by atoms with Crippen molar-refractivity contribution >= 4 is 16.5 Å². The Morgan fingerprint density at radius 2 is 1.19 bits per heavy atom. The number of rotatable bonds is 30. The van der Waals surface area contributed by atoms with Gasteiger partial charge in [-0.1, -0.05) is 136 Å². The maximum atomic E-state index is 14.1. The zero-order valence-electron chi connectivity index (χ0n) is 33.2. The molecule has 0 radical (unpaired) electrons. The van der Waals surface area contributed by atoms with Crippen LogP contribution in [0.2, 0.25) is 0 Å². The van der Waals surface area contributed by atoms with E-state index in [4.69, 9.17) is 9.47 Å². The zero-order valence-corrected chi connectivity index (χ0v) is 34.0. The Bertz CT molecular complexity index is 921. The summed E-state index contributed by atoms with van der Waals surface area (Å²) in [4.78, 5) is 15.7. The van der Waals surface area contributed by atoms with E-state index in [-0.39, 0.29) is 30.4 Å². The molecule has 0 bridgehead atoms. The summed E-state index contributed by atoms with van der Waals surface area (Å²) in [6.45, 7) is 3.41. The largest absolute Gasteiger partial charge is 0.394 e. The summed E-state index contributed by atoms with van der Waals surface area (Å²) in [5.74, 6) is 0.0203. The number of ether oxygens (including phenoxy) is 2. The van der Waals surface area contributed by atoms with Gasteiger partial charge in [-0.05, 0) is 25.7 Å². The third-order valence-electron chi connectivity index (χ3n) is 11.3. The second kappa shape index (κ2) is 27.9. The van der Waals surface area contributed by atoms with Crippen molar-refractivity contribution in [2.75, 3.05) is 24.7 Å². The molecule has 53 heavy (non-hydrogen) atoms. The molecular formula is C40H79NO11S. The summed E-state index contributed by atoms with van der Waals surface area (Å²) in [6, 6.07) is -1.51. The number of aliphatic hydroxyl groups is 6. The van der Waals surface area contributed by atoms with Gasteiger partial charge in [-0.3, -0.25) is 13.9 Å². The van der Waals surface area contributed by atoms with E-state index in [1.54, 1.807) is 4.90 Å². The monoisotopic (exact) mass is 782 g/mol. The van der Waals surface area contributed by atoms with Crippen LogP contribution in [0.1, 0.15) is 168 Å². The fourth-order valence-electron chi connectivity index (χ4n) is 7.74. The van der Waals surface area contributed by atoms with Crippen LogP contribution in [0.5, 0.6) is 0 Å². The second-order valence-electron chi connectivity index (χ2n) is 15.8. The lowest BCUT2D eigenvalue weighted by Gasteiger charge is -2.47. The van der Waals surface area contributed by atoms with Gasteiger partial charge in [0, 0.05) is 24.0 Å². The van der Waals surface area contributed by atoms with Crippen molar-refractivity contribution in [2.45, 2.75) is 223 Å². The molecule has 2 heterocycles. The van der Waals surface area contributed by atoms with E-state index in [1.807, 2.05) is 0 Å². The molecule has 0 unspecified atom stereocenters. The number of carbonyl (C=O) groups excluding carboxylic acids is 1. The third-order valence-corrected chi connectivity index (χ3v) is 13.0. The fraction of sp³-hybridized carbons (Fsp3) is 0.975. The highest BCUT2D eigenvalue weighted by Gasteiger charge is 2.46. The Kier molecular flexibility index (Phi) is 25.6. The standard InChI is InChI=1S/C40H79NO11S/c1-3-5-7-9-11-13-14-15-16-17-19-21-23-33(43)36(45)32(30-51-40-39(48)38(47)37(46)34(29-42)52-40)41(31-25-27-53(49,50)28-26-31)35(44)24-22-20-18-12-10-8-6-4-2/h31-34,36-40,42-43,45-50H,3-30H2,1-2H3/t32-,33+,34+,36-,37-,38-,39+,40-/m0/s1. The average molecular weight is 782 g/mol. The van der Waals surface area contributed by atoms with Crippen LogP contribution in [-0.2, 0) is 14.3 Å². The number of hydrogen-bond donors (Lipinski definition) is 8. The van der Waals surface area contributed by atoms with Gasteiger partial charge in [-0.2, -0.15) is 10.6 Å². The quantitative estimate of drug-likeness (QED) is 0.0383. The van der Waals surface area contributed by atoms with Gasteiger partial charge in [0.1, 0.15) is 30.5 Å². The molecule has 0 aromatic carbocycles. The normalized spacial score (nSPS) is 25.9. The van der Waals surface area contributed by atoms with Gasteiger partial charge < -0.3 is 45.0 Å². The molecule has 1 amide bonds. The maximum absolute atomic E-state index is 14.1. The SMILES string of the molecule is CCCCCCCCCCCCCC[C@@H](O)[C@@H](O)[C@H](CO[C@H]1O[C@H](CO)[C@H](O)[C@H](O)[C@H]1O)N(C(=O)CCCCCCCCCC)C1CCS(O)(O)CC1. The first kappa shape index (κ1) is 48.6. The highest BCUT2D eigenvalue weighted by Crippen LogP contribution is 2.45. The number of nitrogens with zero attached hydrogens (tertiary/aromatic N) is 1. The van der Waals surface area contributed by atoms with Crippen LogP contribution in [0.15, 0.2) is 0 Å². The zero-order chi connectivity index (χ0) is 39.1. The lowest BCUT2D eigenvalue weighted by atomic mass is 9.95. The van der Waals surface area contributed by atoms with E-state index in [0.29, 0.717) is 32.1 Å². The van der Waals surface area contributed by atoms with E-state index in [2.05, 4.69) is 13.8 Å². The van der Waals surface area contributed by atoms with Crippen molar-refractivity contribution in [1.29, 1.82) is 0 Å². The van der Waals surface area contributed by atoms with Gasteiger partial charge >= 0.3 is 0 Å². The lowest BCUT2D eigenvalue weighted by Crippen LogP contribution is -2.61. The Morgan fingerprint density at radius 1 is 0.717 bits per heavy atom. The van der Waals surface area contributed by atoms with E-state index >= 15 is 0 Å². The Labute approximate surface area is 322 Å². The van der Waals surface area contributed by atoms with E-state index in [1.165, 1.54) is 77.0 Å². The number of aliphatic hydroxyl groups excluding tert-OH is 6. The molecule has 316 valence electrons. The third kappa shape index (κ3) is 18.5. The van der Waals surface area contributed by atoms with Gasteiger partial charge in [0.05, 0.1) is 25.4 Å². The van der Waals surface area contributed by atoms with Gasteiger partial charge in [0.15, 0.2) is 6.29 Å². The van der Waals surface area contributed by atoms with Crippen LogP contribution in [0.3, 0.4) is 0 Å². The Hall–Kier alpha value is -0.580. The molecular weight excluding hydrogens is 703 g/mol.